The maximum Gasteiger partial charge on any atom is 0.0211 e. The summed E-state index contributed by atoms with van der Waals surface area (Å²) >= 11 is 2.04. The summed E-state index contributed by atoms with van der Waals surface area (Å²) in [6.45, 7) is 4.62. The Morgan fingerprint density at radius 3 is 2.71 bits per heavy atom. The first-order chi connectivity index (χ1) is 8.09. The van der Waals surface area contributed by atoms with E-state index in [0.29, 0.717) is 16.7 Å². The molecule has 1 aromatic rings. The summed E-state index contributed by atoms with van der Waals surface area (Å²) < 4.78 is 0. The minimum absolute atomic E-state index is 0.312. The molecule has 1 aromatic carbocycles. The first kappa shape index (κ1) is 13.0. The van der Waals surface area contributed by atoms with E-state index < -0.39 is 0 Å². The lowest BCUT2D eigenvalue weighted by molar-refractivity contribution is 0.208. The first-order valence-corrected chi connectivity index (χ1v) is 7.55. The minimum Gasteiger partial charge on any atom is -0.326 e. The molecule has 0 aliphatic heterocycles. The average Bonchev–Trinajstić information content (AvgIpc) is 2.32. The van der Waals surface area contributed by atoms with Gasteiger partial charge >= 0.3 is 0 Å². The van der Waals surface area contributed by atoms with Crippen LogP contribution in [0.4, 0.5) is 0 Å². The van der Waals surface area contributed by atoms with Crippen molar-refractivity contribution in [3.8, 4) is 0 Å². The lowest BCUT2D eigenvalue weighted by Gasteiger charge is -2.41. The molecule has 0 aromatic heterocycles. The molecule has 0 radical (unpaired) electrons. The molecular formula is C15H23NS. The van der Waals surface area contributed by atoms with Crippen LogP contribution in [-0.2, 0) is 5.75 Å². The normalized spacial score (nSPS) is 27.9. The second-order valence-electron chi connectivity index (χ2n) is 5.74. The van der Waals surface area contributed by atoms with Crippen molar-refractivity contribution in [2.75, 3.05) is 0 Å². The molecule has 1 aliphatic carbocycles. The van der Waals surface area contributed by atoms with Gasteiger partial charge in [0.2, 0.25) is 0 Å². The molecule has 0 saturated heterocycles. The van der Waals surface area contributed by atoms with E-state index in [1.54, 1.807) is 0 Å². The van der Waals surface area contributed by atoms with Gasteiger partial charge in [-0.25, -0.2) is 0 Å². The van der Waals surface area contributed by atoms with Gasteiger partial charge in [-0.15, -0.1) is 0 Å². The van der Waals surface area contributed by atoms with Gasteiger partial charge in [-0.3, -0.25) is 0 Å². The van der Waals surface area contributed by atoms with E-state index >= 15 is 0 Å². The van der Waals surface area contributed by atoms with E-state index in [4.69, 9.17) is 5.73 Å². The topological polar surface area (TPSA) is 26.0 Å². The molecule has 0 spiro atoms. The molecular weight excluding hydrogens is 226 g/mol. The predicted octanol–water partition coefficient (Wildman–Crippen LogP) is 3.83. The maximum absolute atomic E-state index is 6.40. The lowest BCUT2D eigenvalue weighted by atomic mass is 9.73. The van der Waals surface area contributed by atoms with Crippen LogP contribution in [0.1, 0.15) is 38.7 Å². The summed E-state index contributed by atoms with van der Waals surface area (Å²) in [6, 6.07) is 11.0. The molecule has 0 bridgehead atoms. The van der Waals surface area contributed by atoms with Crippen LogP contribution in [0.2, 0.25) is 0 Å². The van der Waals surface area contributed by atoms with Gasteiger partial charge in [0.25, 0.3) is 0 Å². The first-order valence-electron chi connectivity index (χ1n) is 6.51. The molecule has 2 unspecified atom stereocenters. The Bertz CT molecular complexity index is 347. The second kappa shape index (κ2) is 5.45. The van der Waals surface area contributed by atoms with Crippen LogP contribution in [0, 0.1) is 5.41 Å². The fourth-order valence-electron chi connectivity index (χ4n) is 2.57. The fraction of sp³-hybridized carbons (Fsp3) is 0.600. The van der Waals surface area contributed by atoms with Gasteiger partial charge in [-0.05, 0) is 23.8 Å². The molecule has 1 aliphatic rings. The minimum atomic E-state index is 0.312. The van der Waals surface area contributed by atoms with Gasteiger partial charge in [0.1, 0.15) is 0 Å². The highest BCUT2D eigenvalue weighted by Gasteiger charge is 2.36. The van der Waals surface area contributed by atoms with Crippen molar-refractivity contribution in [2.24, 2.45) is 11.1 Å². The smallest absolute Gasteiger partial charge is 0.0211 e. The van der Waals surface area contributed by atoms with Crippen molar-refractivity contribution in [1.82, 2.24) is 0 Å². The Morgan fingerprint density at radius 1 is 1.29 bits per heavy atom. The molecule has 2 rings (SSSR count). The highest BCUT2D eigenvalue weighted by Crippen LogP contribution is 2.40. The summed E-state index contributed by atoms with van der Waals surface area (Å²) in [5.41, 5.74) is 8.12. The van der Waals surface area contributed by atoms with E-state index in [0.717, 1.165) is 5.75 Å². The molecule has 94 valence electrons. The zero-order valence-corrected chi connectivity index (χ0v) is 11.7. The van der Waals surface area contributed by atoms with Crippen molar-refractivity contribution >= 4 is 11.8 Å². The summed E-state index contributed by atoms with van der Waals surface area (Å²) in [6.07, 6.45) is 3.88. The quantitative estimate of drug-likeness (QED) is 0.881. The predicted molar refractivity (Wildman–Crippen MR) is 77.1 cm³/mol. The zero-order valence-electron chi connectivity index (χ0n) is 10.9. The number of nitrogens with two attached hydrogens (primary N) is 1. The lowest BCUT2D eigenvalue weighted by Crippen LogP contribution is -2.48. The van der Waals surface area contributed by atoms with Gasteiger partial charge in [0.05, 0.1) is 0 Å². The van der Waals surface area contributed by atoms with Gasteiger partial charge in [-0.2, -0.15) is 11.8 Å². The van der Waals surface area contributed by atoms with Crippen LogP contribution in [0.5, 0.6) is 0 Å². The van der Waals surface area contributed by atoms with Crippen LogP contribution >= 0.6 is 11.8 Å². The molecule has 1 saturated carbocycles. The van der Waals surface area contributed by atoms with E-state index in [9.17, 15) is 0 Å². The Labute approximate surface area is 109 Å². The van der Waals surface area contributed by atoms with Gasteiger partial charge < -0.3 is 5.73 Å². The monoisotopic (exact) mass is 249 g/mol. The number of thioether (sulfide) groups is 1. The van der Waals surface area contributed by atoms with Gasteiger partial charge in [0, 0.05) is 17.0 Å². The van der Waals surface area contributed by atoms with Crippen molar-refractivity contribution in [1.29, 1.82) is 0 Å². The summed E-state index contributed by atoms with van der Waals surface area (Å²) in [5, 5.41) is 0.624. The van der Waals surface area contributed by atoms with Crippen LogP contribution < -0.4 is 5.73 Å². The van der Waals surface area contributed by atoms with E-state index in [1.165, 1.54) is 24.8 Å². The third kappa shape index (κ3) is 3.26. The number of hydrogen-bond donors (Lipinski definition) is 1. The number of benzene rings is 1. The SMILES string of the molecule is CC1(C)CCCC(SCc2ccccc2)C1N. The highest BCUT2D eigenvalue weighted by molar-refractivity contribution is 7.99. The molecule has 2 atom stereocenters. The maximum atomic E-state index is 6.40. The molecule has 2 N–H and O–H groups in total. The van der Waals surface area contributed by atoms with Crippen molar-refractivity contribution < 1.29 is 0 Å². The average molecular weight is 249 g/mol. The largest absolute Gasteiger partial charge is 0.326 e. The van der Waals surface area contributed by atoms with Crippen LogP contribution in [0.15, 0.2) is 30.3 Å². The molecule has 2 heteroatoms. The van der Waals surface area contributed by atoms with E-state index in [1.807, 2.05) is 11.8 Å². The van der Waals surface area contributed by atoms with E-state index in [-0.39, 0.29) is 0 Å². The van der Waals surface area contributed by atoms with Crippen molar-refractivity contribution in [2.45, 2.75) is 50.2 Å². The Hall–Kier alpha value is -0.470. The molecule has 0 amide bonds. The Kier molecular flexibility index (Phi) is 4.16. The summed E-state index contributed by atoms with van der Waals surface area (Å²) in [7, 11) is 0. The standard InChI is InChI=1S/C15H23NS/c1-15(2)10-6-9-13(14(15)16)17-11-12-7-4-3-5-8-12/h3-5,7-8,13-14H,6,9-11,16H2,1-2H3. The summed E-state index contributed by atoms with van der Waals surface area (Å²) in [5.74, 6) is 1.09. The zero-order chi connectivity index (χ0) is 12.3. The summed E-state index contributed by atoms with van der Waals surface area (Å²) in [4.78, 5) is 0. The second-order valence-corrected chi connectivity index (χ2v) is 6.97. The van der Waals surface area contributed by atoms with Crippen LogP contribution in [-0.4, -0.2) is 11.3 Å². The molecule has 0 heterocycles. The third-order valence-electron chi connectivity index (χ3n) is 3.92. The Balaban J connectivity index is 1.91. The number of hydrogen-bond acceptors (Lipinski definition) is 2. The fourth-order valence-corrected chi connectivity index (χ4v) is 4.08. The molecule has 17 heavy (non-hydrogen) atoms. The van der Waals surface area contributed by atoms with Crippen molar-refractivity contribution in [3.05, 3.63) is 35.9 Å². The molecule has 1 nitrogen and oxygen atoms in total. The van der Waals surface area contributed by atoms with Crippen molar-refractivity contribution in [3.63, 3.8) is 0 Å². The van der Waals surface area contributed by atoms with Crippen LogP contribution in [0.3, 0.4) is 0 Å². The third-order valence-corrected chi connectivity index (χ3v) is 5.38. The Morgan fingerprint density at radius 2 is 2.00 bits per heavy atom. The molecule has 1 fully saturated rings. The van der Waals surface area contributed by atoms with Gasteiger partial charge in [0.15, 0.2) is 0 Å². The van der Waals surface area contributed by atoms with E-state index in [2.05, 4.69) is 44.2 Å². The highest BCUT2D eigenvalue weighted by atomic mass is 32.2. The van der Waals surface area contributed by atoms with Crippen LogP contribution in [0.25, 0.3) is 0 Å². The number of rotatable bonds is 3. The van der Waals surface area contributed by atoms with Gasteiger partial charge in [-0.1, -0.05) is 50.6 Å².